The molecule has 0 amide bonds. The first-order valence-electron chi connectivity index (χ1n) is 7.90. The van der Waals surface area contributed by atoms with Gasteiger partial charge in [-0.3, -0.25) is 4.99 Å². The van der Waals surface area contributed by atoms with Gasteiger partial charge in [-0.25, -0.2) is 0 Å². The van der Waals surface area contributed by atoms with Crippen LogP contribution in [0.2, 0.25) is 0 Å². The van der Waals surface area contributed by atoms with Crippen molar-refractivity contribution in [2.24, 2.45) is 4.99 Å². The minimum atomic E-state index is 0.202. The van der Waals surface area contributed by atoms with Crippen LogP contribution in [0.5, 0.6) is 5.75 Å². The summed E-state index contributed by atoms with van der Waals surface area (Å²) in [6.45, 7) is 6.79. The molecule has 1 heterocycles. The van der Waals surface area contributed by atoms with E-state index in [0.29, 0.717) is 6.04 Å². The van der Waals surface area contributed by atoms with Crippen LogP contribution in [0.25, 0.3) is 0 Å². The fraction of sp³-hybridized carbons (Fsp3) is 0.588. The molecule has 0 spiro atoms. The molecule has 0 aromatic heterocycles. The lowest BCUT2D eigenvalue weighted by Gasteiger charge is -2.27. The fourth-order valence-electron chi connectivity index (χ4n) is 2.55. The highest BCUT2D eigenvalue weighted by Crippen LogP contribution is 2.21. The average molecular weight is 304 g/mol. The van der Waals surface area contributed by atoms with Gasteiger partial charge in [0.2, 0.25) is 0 Å². The van der Waals surface area contributed by atoms with Gasteiger partial charge >= 0.3 is 0 Å². The second kappa shape index (κ2) is 7.49. The van der Waals surface area contributed by atoms with Gasteiger partial charge < -0.3 is 19.9 Å². The molecule has 5 heteroatoms. The largest absolute Gasteiger partial charge is 0.491 e. The molecule has 1 unspecified atom stereocenters. The molecule has 0 aliphatic carbocycles. The van der Waals surface area contributed by atoms with E-state index >= 15 is 0 Å². The summed E-state index contributed by atoms with van der Waals surface area (Å²) in [7, 11) is 6.28. The Labute approximate surface area is 134 Å². The van der Waals surface area contributed by atoms with Crippen LogP contribution in [0, 0.1) is 0 Å². The summed E-state index contributed by atoms with van der Waals surface area (Å²) in [5.74, 6) is 1.91. The Balaban J connectivity index is 2.01. The summed E-state index contributed by atoms with van der Waals surface area (Å²) in [5.41, 5.74) is 1.27. The number of nitrogens with zero attached hydrogens (tertiary/aromatic N) is 3. The lowest BCUT2D eigenvalue weighted by molar-refractivity contribution is 0.242. The lowest BCUT2D eigenvalue weighted by Crippen LogP contribution is -2.40. The third-order valence-electron chi connectivity index (χ3n) is 3.77. The minimum Gasteiger partial charge on any atom is -0.491 e. The van der Waals surface area contributed by atoms with Gasteiger partial charge in [-0.05, 0) is 45.6 Å². The Bertz CT molecular complexity index is 496. The van der Waals surface area contributed by atoms with E-state index < -0.39 is 0 Å². The predicted octanol–water partition coefficient (Wildman–Crippen LogP) is 1.97. The maximum absolute atomic E-state index is 5.71. The van der Waals surface area contributed by atoms with E-state index in [2.05, 4.69) is 53.4 Å². The third kappa shape index (κ3) is 4.37. The van der Waals surface area contributed by atoms with Crippen LogP contribution >= 0.6 is 0 Å². The zero-order valence-electron chi connectivity index (χ0n) is 14.3. The van der Waals surface area contributed by atoms with E-state index in [-0.39, 0.29) is 6.10 Å². The van der Waals surface area contributed by atoms with Crippen molar-refractivity contribution in [3.63, 3.8) is 0 Å². The first-order valence-corrected chi connectivity index (χ1v) is 7.90. The van der Waals surface area contributed by atoms with E-state index in [4.69, 9.17) is 4.74 Å². The van der Waals surface area contributed by atoms with Gasteiger partial charge in [0.05, 0.1) is 18.7 Å². The lowest BCUT2D eigenvalue weighted by atomic mass is 10.1. The summed E-state index contributed by atoms with van der Waals surface area (Å²) in [6, 6.07) is 8.68. The maximum atomic E-state index is 5.71. The molecule has 1 aliphatic rings. The van der Waals surface area contributed by atoms with Crippen LogP contribution in [0.4, 0.5) is 0 Å². The number of nitrogens with one attached hydrogen (secondary N) is 1. The van der Waals surface area contributed by atoms with Gasteiger partial charge in [0.1, 0.15) is 5.75 Å². The van der Waals surface area contributed by atoms with Crippen molar-refractivity contribution in [2.45, 2.75) is 26.0 Å². The number of hydrogen-bond donors (Lipinski definition) is 1. The van der Waals surface area contributed by atoms with Crippen molar-refractivity contribution in [3.05, 3.63) is 29.8 Å². The number of likely N-dealkylation sites (N-methyl/N-ethyl adjacent to an activating group) is 2. The normalized spacial score (nSPS) is 16.1. The monoisotopic (exact) mass is 304 g/mol. The number of benzene rings is 1. The van der Waals surface area contributed by atoms with Crippen LogP contribution in [0.3, 0.4) is 0 Å². The fourth-order valence-corrected chi connectivity index (χ4v) is 2.55. The molecule has 1 N–H and O–H groups in total. The summed E-state index contributed by atoms with van der Waals surface area (Å²) in [6.07, 6.45) is 0.202. The van der Waals surface area contributed by atoms with Crippen LogP contribution in [0.15, 0.2) is 29.3 Å². The van der Waals surface area contributed by atoms with Gasteiger partial charge in [-0.1, -0.05) is 12.1 Å². The second-order valence-corrected chi connectivity index (χ2v) is 6.22. The number of rotatable bonds is 6. The van der Waals surface area contributed by atoms with Crippen molar-refractivity contribution < 1.29 is 4.74 Å². The predicted molar refractivity (Wildman–Crippen MR) is 91.6 cm³/mol. The molecule has 1 aromatic rings. The van der Waals surface area contributed by atoms with Crippen molar-refractivity contribution in [3.8, 4) is 5.75 Å². The SMILES string of the molecule is CC(C)Oc1ccc(C(CNC2=NCCN2C)N(C)C)cc1. The summed E-state index contributed by atoms with van der Waals surface area (Å²) >= 11 is 0. The van der Waals surface area contributed by atoms with Crippen molar-refractivity contribution in [2.75, 3.05) is 40.8 Å². The van der Waals surface area contributed by atoms with Crippen LogP contribution < -0.4 is 10.1 Å². The standard InChI is InChI=1S/C17H28N4O/c1-13(2)22-15-8-6-14(7-9-15)16(20(3)4)12-19-17-18-10-11-21(17)5/h6-9,13,16H,10-12H2,1-5H3,(H,18,19). The summed E-state index contributed by atoms with van der Waals surface area (Å²) in [5, 5.41) is 3.46. The van der Waals surface area contributed by atoms with E-state index in [1.165, 1.54) is 5.56 Å². The molecule has 1 aromatic carbocycles. The van der Waals surface area contributed by atoms with E-state index in [9.17, 15) is 0 Å². The molecule has 22 heavy (non-hydrogen) atoms. The molecule has 122 valence electrons. The summed E-state index contributed by atoms with van der Waals surface area (Å²) < 4.78 is 5.71. The number of ether oxygens (including phenoxy) is 1. The highest BCUT2D eigenvalue weighted by atomic mass is 16.5. The second-order valence-electron chi connectivity index (χ2n) is 6.22. The van der Waals surface area contributed by atoms with Gasteiger partial charge in [0.25, 0.3) is 0 Å². The molecule has 0 radical (unpaired) electrons. The Morgan fingerprint density at radius 3 is 2.45 bits per heavy atom. The Morgan fingerprint density at radius 1 is 1.27 bits per heavy atom. The van der Waals surface area contributed by atoms with E-state index in [0.717, 1.165) is 31.3 Å². The number of hydrogen-bond acceptors (Lipinski definition) is 5. The third-order valence-corrected chi connectivity index (χ3v) is 3.77. The maximum Gasteiger partial charge on any atom is 0.193 e. The quantitative estimate of drug-likeness (QED) is 0.872. The average Bonchev–Trinajstić information content (AvgIpc) is 2.85. The highest BCUT2D eigenvalue weighted by molar-refractivity contribution is 5.81. The van der Waals surface area contributed by atoms with E-state index in [1.54, 1.807) is 0 Å². The first-order chi connectivity index (χ1) is 10.5. The molecule has 0 saturated carbocycles. The zero-order chi connectivity index (χ0) is 16.1. The molecule has 0 fully saturated rings. The molecule has 5 nitrogen and oxygen atoms in total. The molecular formula is C17H28N4O. The molecule has 2 rings (SSSR count). The Morgan fingerprint density at radius 2 is 1.95 bits per heavy atom. The van der Waals surface area contributed by atoms with Crippen LogP contribution in [-0.4, -0.2) is 62.6 Å². The van der Waals surface area contributed by atoms with Crippen molar-refractivity contribution in [1.29, 1.82) is 0 Å². The Kier molecular flexibility index (Phi) is 5.66. The molecule has 0 saturated heterocycles. The van der Waals surface area contributed by atoms with Gasteiger partial charge in [-0.15, -0.1) is 0 Å². The van der Waals surface area contributed by atoms with Crippen molar-refractivity contribution in [1.82, 2.24) is 15.1 Å². The Hall–Kier alpha value is -1.75. The topological polar surface area (TPSA) is 40.1 Å². The minimum absolute atomic E-state index is 0.202. The number of guanidine groups is 1. The molecule has 1 aliphatic heterocycles. The first kappa shape index (κ1) is 16.6. The van der Waals surface area contributed by atoms with Crippen molar-refractivity contribution >= 4 is 5.96 Å². The highest BCUT2D eigenvalue weighted by Gasteiger charge is 2.17. The smallest absolute Gasteiger partial charge is 0.193 e. The van der Waals surface area contributed by atoms with Gasteiger partial charge in [0, 0.05) is 20.1 Å². The van der Waals surface area contributed by atoms with Gasteiger partial charge in [-0.2, -0.15) is 0 Å². The summed E-state index contributed by atoms with van der Waals surface area (Å²) in [4.78, 5) is 8.86. The zero-order valence-corrected chi connectivity index (χ0v) is 14.3. The van der Waals surface area contributed by atoms with E-state index in [1.807, 2.05) is 26.0 Å². The molecule has 1 atom stereocenters. The van der Waals surface area contributed by atoms with Gasteiger partial charge in [0.15, 0.2) is 5.96 Å². The van der Waals surface area contributed by atoms with Crippen LogP contribution in [0.1, 0.15) is 25.5 Å². The van der Waals surface area contributed by atoms with Crippen LogP contribution in [-0.2, 0) is 0 Å². The number of aliphatic imine (C=N–C) groups is 1. The molecular weight excluding hydrogens is 276 g/mol. The molecule has 0 bridgehead atoms.